The molecule has 3 N–H and O–H groups in total. The zero-order valence-corrected chi connectivity index (χ0v) is 11.0. The fourth-order valence-electron chi connectivity index (χ4n) is 1.64. The highest BCUT2D eigenvalue weighted by atomic mass is 16.2. The molecule has 0 aliphatic heterocycles. The van der Waals surface area contributed by atoms with Gasteiger partial charge < -0.3 is 10.6 Å². The lowest BCUT2D eigenvalue weighted by molar-refractivity contribution is -0.121. The minimum absolute atomic E-state index is 0.0236. The van der Waals surface area contributed by atoms with E-state index in [0.29, 0.717) is 18.4 Å². The van der Waals surface area contributed by atoms with Gasteiger partial charge in [0.2, 0.25) is 11.7 Å². The van der Waals surface area contributed by atoms with E-state index in [4.69, 9.17) is 0 Å². The topological polar surface area (TPSA) is 99.8 Å². The van der Waals surface area contributed by atoms with Gasteiger partial charge in [-0.15, -0.1) is 5.10 Å². The van der Waals surface area contributed by atoms with E-state index in [-0.39, 0.29) is 24.1 Å². The normalized spacial score (nSPS) is 14.2. The Morgan fingerprint density at radius 2 is 2.21 bits per heavy atom. The number of carbonyl (C=O) groups excluding carboxylic acids is 2. The van der Waals surface area contributed by atoms with Crippen molar-refractivity contribution >= 4 is 11.8 Å². The van der Waals surface area contributed by atoms with Crippen LogP contribution in [0.2, 0.25) is 0 Å². The van der Waals surface area contributed by atoms with Crippen LogP contribution in [0, 0.1) is 0 Å². The summed E-state index contributed by atoms with van der Waals surface area (Å²) in [5.74, 6) is 0.465. The molecule has 1 aromatic rings. The van der Waals surface area contributed by atoms with E-state index in [2.05, 4.69) is 25.8 Å². The molecular formula is C12H19N5O2. The Bertz CT molecular complexity index is 453. The molecule has 19 heavy (non-hydrogen) atoms. The number of nitrogens with zero attached hydrogens (tertiary/aromatic N) is 2. The summed E-state index contributed by atoms with van der Waals surface area (Å²) < 4.78 is 0. The van der Waals surface area contributed by atoms with Gasteiger partial charge in [0.1, 0.15) is 5.82 Å². The highest BCUT2D eigenvalue weighted by molar-refractivity contribution is 5.90. The molecule has 1 aliphatic rings. The predicted molar refractivity (Wildman–Crippen MR) is 68.5 cm³/mol. The van der Waals surface area contributed by atoms with Crippen molar-refractivity contribution in [2.24, 2.45) is 0 Å². The molecule has 2 amide bonds. The van der Waals surface area contributed by atoms with Crippen molar-refractivity contribution in [3.63, 3.8) is 0 Å². The van der Waals surface area contributed by atoms with Crippen LogP contribution in [0.4, 0.5) is 0 Å². The maximum Gasteiger partial charge on any atom is 0.290 e. The molecule has 1 fully saturated rings. The summed E-state index contributed by atoms with van der Waals surface area (Å²) in [6, 6.07) is 0.354. The number of aryl methyl sites for hydroxylation is 1. The van der Waals surface area contributed by atoms with Crippen LogP contribution in [0.15, 0.2) is 0 Å². The van der Waals surface area contributed by atoms with E-state index >= 15 is 0 Å². The van der Waals surface area contributed by atoms with Gasteiger partial charge in [0, 0.05) is 25.4 Å². The van der Waals surface area contributed by atoms with Crippen molar-refractivity contribution in [1.82, 2.24) is 25.8 Å². The molecule has 1 aromatic heterocycles. The number of amides is 2. The Morgan fingerprint density at radius 1 is 1.42 bits per heavy atom. The Hall–Kier alpha value is -1.92. The number of nitrogens with one attached hydrogen (secondary N) is 3. The summed E-state index contributed by atoms with van der Waals surface area (Å²) in [5.41, 5.74) is 0. The van der Waals surface area contributed by atoms with Gasteiger partial charge in [-0.3, -0.25) is 14.7 Å². The minimum Gasteiger partial charge on any atom is -0.353 e. The average molecular weight is 265 g/mol. The maximum atomic E-state index is 11.7. The molecular weight excluding hydrogens is 246 g/mol. The van der Waals surface area contributed by atoms with Crippen LogP contribution in [-0.2, 0) is 11.2 Å². The molecule has 104 valence electrons. The Kier molecular flexibility index (Phi) is 4.48. The van der Waals surface area contributed by atoms with Gasteiger partial charge in [-0.25, -0.2) is 4.98 Å². The fourth-order valence-corrected chi connectivity index (χ4v) is 1.64. The summed E-state index contributed by atoms with van der Waals surface area (Å²) in [6.45, 7) is 2.33. The van der Waals surface area contributed by atoms with E-state index in [1.807, 2.05) is 6.92 Å². The number of aromatic amines is 1. The van der Waals surface area contributed by atoms with Gasteiger partial charge in [0.25, 0.3) is 5.91 Å². The van der Waals surface area contributed by atoms with Crippen molar-refractivity contribution in [2.45, 2.75) is 45.1 Å². The molecule has 7 nitrogen and oxygen atoms in total. The highest BCUT2D eigenvalue weighted by Gasteiger charge is 2.23. The molecule has 0 bridgehead atoms. The first-order chi connectivity index (χ1) is 9.19. The second kappa shape index (κ2) is 6.31. The predicted octanol–water partition coefficient (Wildman–Crippen LogP) is 0.156. The molecule has 7 heteroatoms. The molecule has 0 unspecified atom stereocenters. The summed E-state index contributed by atoms with van der Waals surface area (Å²) in [6.07, 6.45) is 4.13. The van der Waals surface area contributed by atoms with Crippen molar-refractivity contribution < 1.29 is 9.59 Å². The molecule has 0 atom stereocenters. The summed E-state index contributed by atoms with van der Waals surface area (Å²) in [7, 11) is 0. The molecule has 0 radical (unpaired) electrons. The Morgan fingerprint density at radius 3 is 2.89 bits per heavy atom. The standard InChI is InChI=1S/C12H19N5O2/c1-2-3-9-15-11(17-16-9)12(19)13-7-6-10(18)14-8-4-5-8/h8H,2-7H2,1H3,(H,13,19)(H,14,18)(H,15,16,17). The van der Waals surface area contributed by atoms with Gasteiger partial charge in [0.15, 0.2) is 0 Å². The van der Waals surface area contributed by atoms with E-state index in [1.54, 1.807) is 0 Å². The first-order valence-electron chi connectivity index (χ1n) is 6.68. The third kappa shape index (κ3) is 4.35. The van der Waals surface area contributed by atoms with Gasteiger partial charge in [-0.1, -0.05) is 6.92 Å². The maximum absolute atomic E-state index is 11.7. The van der Waals surface area contributed by atoms with Crippen LogP contribution in [0.25, 0.3) is 0 Å². The largest absolute Gasteiger partial charge is 0.353 e. The molecule has 0 spiro atoms. The minimum atomic E-state index is -0.349. The van der Waals surface area contributed by atoms with Crippen molar-refractivity contribution in [3.8, 4) is 0 Å². The highest BCUT2D eigenvalue weighted by Crippen LogP contribution is 2.18. The van der Waals surface area contributed by atoms with Gasteiger partial charge >= 0.3 is 0 Å². The summed E-state index contributed by atoms with van der Waals surface area (Å²) in [5, 5.41) is 12.1. The molecule has 1 heterocycles. The Labute approximate surface area is 111 Å². The van der Waals surface area contributed by atoms with E-state index in [1.165, 1.54) is 0 Å². The van der Waals surface area contributed by atoms with Crippen molar-refractivity contribution in [1.29, 1.82) is 0 Å². The number of hydrogen-bond acceptors (Lipinski definition) is 4. The summed E-state index contributed by atoms with van der Waals surface area (Å²) >= 11 is 0. The smallest absolute Gasteiger partial charge is 0.290 e. The van der Waals surface area contributed by atoms with Gasteiger partial charge in [0.05, 0.1) is 0 Å². The lowest BCUT2D eigenvalue weighted by atomic mass is 10.3. The number of rotatable bonds is 7. The second-order valence-electron chi connectivity index (χ2n) is 4.70. The zero-order valence-electron chi connectivity index (χ0n) is 11.0. The quantitative estimate of drug-likeness (QED) is 0.653. The lowest BCUT2D eigenvalue weighted by Crippen LogP contribution is -2.32. The van der Waals surface area contributed by atoms with Crippen molar-refractivity contribution in [2.75, 3.05) is 6.54 Å². The lowest BCUT2D eigenvalue weighted by Gasteiger charge is -2.03. The molecule has 1 aliphatic carbocycles. The average Bonchev–Trinajstić information content (AvgIpc) is 3.05. The molecule has 1 saturated carbocycles. The van der Waals surface area contributed by atoms with Crippen molar-refractivity contribution in [3.05, 3.63) is 11.6 Å². The van der Waals surface area contributed by atoms with Gasteiger partial charge in [-0.05, 0) is 19.3 Å². The number of H-pyrrole nitrogens is 1. The van der Waals surface area contributed by atoms with Crippen LogP contribution in [-0.4, -0.2) is 39.6 Å². The van der Waals surface area contributed by atoms with E-state index < -0.39 is 0 Å². The van der Waals surface area contributed by atoms with E-state index in [0.717, 1.165) is 25.7 Å². The SMILES string of the molecule is CCCc1nc(C(=O)NCCC(=O)NC2CC2)n[nH]1. The third-order valence-corrected chi connectivity index (χ3v) is 2.80. The first kappa shape index (κ1) is 13.5. The first-order valence-corrected chi connectivity index (χ1v) is 6.68. The molecule has 0 aromatic carbocycles. The molecule has 0 saturated heterocycles. The van der Waals surface area contributed by atoms with Crippen LogP contribution in [0.1, 0.15) is 49.1 Å². The monoisotopic (exact) mass is 265 g/mol. The number of aromatic nitrogens is 3. The van der Waals surface area contributed by atoms with Crippen LogP contribution >= 0.6 is 0 Å². The van der Waals surface area contributed by atoms with Gasteiger partial charge in [-0.2, -0.15) is 0 Å². The number of carbonyl (C=O) groups is 2. The zero-order chi connectivity index (χ0) is 13.7. The number of hydrogen-bond donors (Lipinski definition) is 3. The fraction of sp³-hybridized carbons (Fsp3) is 0.667. The molecule has 2 rings (SSSR count). The van der Waals surface area contributed by atoms with E-state index in [9.17, 15) is 9.59 Å². The third-order valence-electron chi connectivity index (χ3n) is 2.80. The van der Waals surface area contributed by atoms with Crippen LogP contribution < -0.4 is 10.6 Å². The second-order valence-corrected chi connectivity index (χ2v) is 4.70. The summed E-state index contributed by atoms with van der Waals surface area (Å²) in [4.78, 5) is 27.2. The van der Waals surface area contributed by atoms with Crippen LogP contribution in [0.3, 0.4) is 0 Å². The van der Waals surface area contributed by atoms with Crippen LogP contribution in [0.5, 0.6) is 0 Å². The Balaban J connectivity index is 1.69.